The maximum Gasteiger partial charge on any atom is 0.274 e. The van der Waals surface area contributed by atoms with Crippen molar-refractivity contribution in [3.8, 4) is 5.75 Å². The summed E-state index contributed by atoms with van der Waals surface area (Å²) in [6.45, 7) is 0. The summed E-state index contributed by atoms with van der Waals surface area (Å²) >= 11 is 0. The number of nitrogens with zero attached hydrogens (tertiary/aromatic N) is 4. The molecule has 0 saturated carbocycles. The van der Waals surface area contributed by atoms with Crippen molar-refractivity contribution < 1.29 is 4.74 Å². The number of methoxy groups -OCH3 is 1. The van der Waals surface area contributed by atoms with Gasteiger partial charge in [-0.05, 0) is 6.07 Å². The molecule has 8 nitrogen and oxygen atoms in total. The zero-order valence-electron chi connectivity index (χ0n) is 10.7. The number of para-hydroxylation sites is 1. The van der Waals surface area contributed by atoms with Crippen LogP contribution in [0, 0.1) is 0 Å². The smallest absolute Gasteiger partial charge is 0.274 e. The van der Waals surface area contributed by atoms with Crippen molar-refractivity contribution in [2.24, 2.45) is 0 Å². The number of rotatable bonds is 3. The molecule has 0 unspecified atom stereocenters. The van der Waals surface area contributed by atoms with Crippen LogP contribution in [0.3, 0.4) is 0 Å². The minimum Gasteiger partial charge on any atom is -0.496 e. The molecule has 0 bridgehead atoms. The first-order chi connectivity index (χ1) is 9.69. The Kier molecular flexibility index (Phi) is 2.82. The molecule has 0 spiro atoms. The van der Waals surface area contributed by atoms with Gasteiger partial charge in [0.25, 0.3) is 11.3 Å². The van der Waals surface area contributed by atoms with E-state index in [9.17, 15) is 4.79 Å². The number of fused-ring (bicyclic) bond motifs is 1. The lowest BCUT2D eigenvalue weighted by molar-refractivity contribution is 0.410. The molecule has 1 aromatic carbocycles. The van der Waals surface area contributed by atoms with Gasteiger partial charge < -0.3 is 10.5 Å². The van der Waals surface area contributed by atoms with Crippen LogP contribution in [0.5, 0.6) is 5.75 Å². The van der Waals surface area contributed by atoms with Gasteiger partial charge in [0.15, 0.2) is 0 Å². The van der Waals surface area contributed by atoms with E-state index in [1.165, 1.54) is 4.52 Å². The number of benzene rings is 1. The van der Waals surface area contributed by atoms with Crippen LogP contribution in [-0.2, 0) is 6.42 Å². The molecule has 0 atom stereocenters. The van der Waals surface area contributed by atoms with E-state index in [2.05, 4.69) is 20.3 Å². The second-order valence-corrected chi connectivity index (χ2v) is 4.18. The molecule has 102 valence electrons. The van der Waals surface area contributed by atoms with E-state index in [1.807, 2.05) is 24.3 Å². The van der Waals surface area contributed by atoms with Crippen LogP contribution in [0.4, 0.5) is 5.95 Å². The highest BCUT2D eigenvalue weighted by Gasteiger charge is 2.11. The summed E-state index contributed by atoms with van der Waals surface area (Å²) in [5.74, 6) is 1.04. The maximum absolute atomic E-state index is 12.0. The number of hydrogen-bond acceptors (Lipinski definition) is 6. The molecule has 3 N–H and O–H groups in total. The standard InChI is InChI=1S/C12H12N6O2/c1-20-9-5-3-2-4-7(9)6-8-10(19)14-12-16-15-11(13)18(12)17-8/h2-5H,6H2,1H3,(H2,13,15)(H,14,16,19). The van der Waals surface area contributed by atoms with Crippen molar-refractivity contribution in [2.45, 2.75) is 6.42 Å². The van der Waals surface area contributed by atoms with Crippen molar-refractivity contribution in [1.82, 2.24) is 24.8 Å². The van der Waals surface area contributed by atoms with Crippen molar-refractivity contribution >= 4 is 11.7 Å². The number of aromatic amines is 1. The number of hydrogen-bond donors (Lipinski definition) is 2. The van der Waals surface area contributed by atoms with Gasteiger partial charge in [0, 0.05) is 12.0 Å². The summed E-state index contributed by atoms with van der Waals surface area (Å²) in [4.78, 5) is 14.6. The van der Waals surface area contributed by atoms with Crippen LogP contribution >= 0.6 is 0 Å². The Morgan fingerprint density at radius 1 is 1.35 bits per heavy atom. The van der Waals surface area contributed by atoms with Crippen LogP contribution in [0.2, 0.25) is 0 Å². The maximum atomic E-state index is 12.0. The second kappa shape index (κ2) is 4.65. The monoisotopic (exact) mass is 272 g/mol. The molecule has 3 aromatic rings. The zero-order valence-corrected chi connectivity index (χ0v) is 10.7. The molecule has 8 heteroatoms. The van der Waals surface area contributed by atoms with Gasteiger partial charge in [0.2, 0.25) is 5.95 Å². The Bertz CT molecular complexity index is 822. The lowest BCUT2D eigenvalue weighted by atomic mass is 10.1. The van der Waals surface area contributed by atoms with E-state index in [0.717, 1.165) is 5.56 Å². The molecule has 0 radical (unpaired) electrons. The molecule has 2 heterocycles. The predicted molar refractivity (Wildman–Crippen MR) is 71.6 cm³/mol. The number of nitrogen functional groups attached to an aromatic ring is 1. The molecule has 0 amide bonds. The SMILES string of the molecule is COc1ccccc1Cc1nn2c(N)nnc2[nH]c1=O. The number of nitrogens with two attached hydrogens (primary N) is 1. The fourth-order valence-corrected chi connectivity index (χ4v) is 1.95. The summed E-state index contributed by atoms with van der Waals surface area (Å²) < 4.78 is 6.56. The summed E-state index contributed by atoms with van der Waals surface area (Å²) in [5, 5.41) is 11.5. The first-order valence-electron chi connectivity index (χ1n) is 5.91. The van der Waals surface area contributed by atoms with Gasteiger partial charge in [0.1, 0.15) is 11.4 Å². The van der Waals surface area contributed by atoms with E-state index in [-0.39, 0.29) is 17.3 Å². The predicted octanol–water partition coefficient (Wildman–Crippen LogP) is -0.00580. The Labute approximate surface area is 113 Å². The highest BCUT2D eigenvalue weighted by atomic mass is 16.5. The van der Waals surface area contributed by atoms with E-state index in [1.54, 1.807) is 7.11 Å². The molecule has 0 aliphatic heterocycles. The van der Waals surface area contributed by atoms with Gasteiger partial charge in [-0.3, -0.25) is 9.78 Å². The van der Waals surface area contributed by atoms with Crippen LogP contribution in [-0.4, -0.2) is 31.9 Å². The van der Waals surface area contributed by atoms with Gasteiger partial charge in [-0.15, -0.1) is 10.2 Å². The zero-order chi connectivity index (χ0) is 14.1. The molecule has 0 saturated heterocycles. The van der Waals surface area contributed by atoms with Crippen molar-refractivity contribution in [1.29, 1.82) is 0 Å². The Morgan fingerprint density at radius 3 is 2.95 bits per heavy atom. The van der Waals surface area contributed by atoms with Crippen LogP contribution in [0.25, 0.3) is 5.78 Å². The van der Waals surface area contributed by atoms with Crippen LogP contribution in [0.15, 0.2) is 29.1 Å². The second-order valence-electron chi connectivity index (χ2n) is 4.18. The molecule has 20 heavy (non-hydrogen) atoms. The van der Waals surface area contributed by atoms with Gasteiger partial charge in [-0.2, -0.15) is 9.61 Å². The third-order valence-corrected chi connectivity index (χ3v) is 2.92. The van der Waals surface area contributed by atoms with Gasteiger partial charge in [-0.25, -0.2) is 0 Å². The quantitative estimate of drug-likeness (QED) is 0.694. The number of H-pyrrole nitrogens is 1. The molecule has 0 aliphatic carbocycles. The van der Waals surface area contributed by atoms with Crippen LogP contribution in [0.1, 0.15) is 11.3 Å². The number of ether oxygens (including phenoxy) is 1. The van der Waals surface area contributed by atoms with E-state index < -0.39 is 0 Å². The highest BCUT2D eigenvalue weighted by Crippen LogP contribution is 2.19. The van der Waals surface area contributed by atoms with E-state index in [4.69, 9.17) is 10.5 Å². The fraction of sp³-hybridized carbons (Fsp3) is 0.167. The Hall–Kier alpha value is -2.90. The topological polar surface area (TPSA) is 111 Å². The molecule has 0 aliphatic rings. The molecule has 3 rings (SSSR count). The molecule has 0 fully saturated rings. The van der Waals surface area contributed by atoms with Crippen molar-refractivity contribution in [3.05, 3.63) is 45.9 Å². The summed E-state index contributed by atoms with van der Waals surface area (Å²) in [5.41, 5.74) is 6.48. The van der Waals surface area contributed by atoms with Gasteiger partial charge >= 0.3 is 0 Å². The number of nitrogens with one attached hydrogen (secondary N) is 1. The Morgan fingerprint density at radius 2 is 2.15 bits per heavy atom. The van der Waals surface area contributed by atoms with Crippen molar-refractivity contribution in [2.75, 3.05) is 12.8 Å². The minimum absolute atomic E-state index is 0.123. The first kappa shape index (κ1) is 12.2. The summed E-state index contributed by atoms with van der Waals surface area (Å²) in [6.07, 6.45) is 0.326. The minimum atomic E-state index is -0.323. The molecule has 2 aromatic heterocycles. The summed E-state index contributed by atoms with van der Waals surface area (Å²) in [7, 11) is 1.58. The average molecular weight is 272 g/mol. The van der Waals surface area contributed by atoms with E-state index >= 15 is 0 Å². The Balaban J connectivity index is 2.08. The molecular formula is C12H12N6O2. The first-order valence-corrected chi connectivity index (χ1v) is 5.91. The van der Waals surface area contributed by atoms with Crippen molar-refractivity contribution in [3.63, 3.8) is 0 Å². The summed E-state index contributed by atoms with van der Waals surface area (Å²) in [6, 6.07) is 7.44. The highest BCUT2D eigenvalue weighted by molar-refractivity contribution is 5.37. The lowest BCUT2D eigenvalue weighted by Gasteiger charge is -2.07. The lowest BCUT2D eigenvalue weighted by Crippen LogP contribution is -2.19. The number of aromatic nitrogens is 5. The molecular weight excluding hydrogens is 260 g/mol. The normalized spacial score (nSPS) is 10.8. The average Bonchev–Trinajstić information content (AvgIpc) is 2.81. The van der Waals surface area contributed by atoms with Gasteiger partial charge in [0.05, 0.1) is 7.11 Å². The fourth-order valence-electron chi connectivity index (χ4n) is 1.95. The largest absolute Gasteiger partial charge is 0.496 e. The van der Waals surface area contributed by atoms with E-state index in [0.29, 0.717) is 17.9 Å². The number of anilines is 1. The third kappa shape index (κ3) is 1.96. The van der Waals surface area contributed by atoms with Crippen LogP contribution < -0.4 is 16.0 Å². The third-order valence-electron chi connectivity index (χ3n) is 2.92. The van der Waals surface area contributed by atoms with Gasteiger partial charge in [-0.1, -0.05) is 18.2 Å².